The van der Waals surface area contributed by atoms with Crippen LogP contribution in [0.5, 0.6) is 0 Å². The normalized spacial score (nSPS) is 64.3. The van der Waals surface area contributed by atoms with Crippen LogP contribution in [0, 0.1) is 33.5 Å². The lowest BCUT2D eigenvalue weighted by Crippen LogP contribution is -2.84. The van der Waals surface area contributed by atoms with E-state index in [1.165, 1.54) is 6.08 Å². The molecule has 144 valence electrons. The number of ether oxygens (including phenoxy) is 1. The van der Waals surface area contributed by atoms with E-state index in [1.807, 2.05) is 0 Å². The Morgan fingerprint density at radius 2 is 1.81 bits per heavy atom. The number of esters is 1. The van der Waals surface area contributed by atoms with E-state index in [9.17, 15) is 29.7 Å². The third-order valence-electron chi connectivity index (χ3n) is 10.3. The van der Waals surface area contributed by atoms with Gasteiger partial charge in [-0.3, -0.25) is 14.4 Å². The molecule has 1 spiro atoms. The maximum absolute atomic E-state index is 13.6. The van der Waals surface area contributed by atoms with Crippen molar-refractivity contribution >= 4 is 17.5 Å². The molecule has 0 radical (unpaired) electrons. The van der Waals surface area contributed by atoms with Crippen molar-refractivity contribution in [2.24, 2.45) is 33.5 Å². The third-order valence-corrected chi connectivity index (χ3v) is 10.3. The summed E-state index contributed by atoms with van der Waals surface area (Å²) in [4.78, 5) is 39.0. The molecular weight excluding hydrogens is 352 g/mol. The summed E-state index contributed by atoms with van der Waals surface area (Å²) in [5, 5.41) is 34.2. The van der Waals surface area contributed by atoms with E-state index in [0.717, 1.165) is 5.57 Å². The maximum atomic E-state index is 13.6. The van der Waals surface area contributed by atoms with Gasteiger partial charge in [-0.2, -0.15) is 0 Å². The largest absolute Gasteiger partial charge is 0.462 e. The highest BCUT2D eigenvalue weighted by Crippen LogP contribution is 2.95. The van der Waals surface area contributed by atoms with Crippen molar-refractivity contribution in [2.45, 2.75) is 50.9 Å². The zero-order valence-electron chi connectivity index (χ0n) is 15.4. The molecule has 5 saturated carbocycles. The summed E-state index contributed by atoms with van der Waals surface area (Å²) >= 11 is 0. The second-order valence-corrected chi connectivity index (χ2v) is 9.93. The van der Waals surface area contributed by atoms with Gasteiger partial charge in [0.1, 0.15) is 6.10 Å². The van der Waals surface area contributed by atoms with Gasteiger partial charge < -0.3 is 20.1 Å². The topological polar surface area (TPSA) is 121 Å². The molecule has 0 aromatic rings. The second-order valence-electron chi connectivity index (χ2n) is 9.93. The van der Waals surface area contributed by atoms with E-state index in [1.54, 1.807) is 20.8 Å². The number of aliphatic hydroxyl groups excluding tert-OH is 1. The number of ketones is 2. The Morgan fingerprint density at radius 3 is 2.44 bits per heavy atom. The molecule has 7 rings (SSSR count). The van der Waals surface area contributed by atoms with Crippen molar-refractivity contribution in [1.29, 1.82) is 0 Å². The zero-order valence-corrected chi connectivity index (χ0v) is 15.4. The summed E-state index contributed by atoms with van der Waals surface area (Å²) in [5.74, 6) is -3.17. The predicted molar refractivity (Wildman–Crippen MR) is 87.9 cm³/mol. The molecule has 1 heterocycles. The molecule has 6 fully saturated rings. The van der Waals surface area contributed by atoms with Gasteiger partial charge in [0.2, 0.25) is 0 Å². The van der Waals surface area contributed by atoms with Crippen LogP contribution in [0.3, 0.4) is 0 Å². The van der Waals surface area contributed by atoms with Gasteiger partial charge >= 0.3 is 5.97 Å². The van der Waals surface area contributed by atoms with Crippen LogP contribution in [0.1, 0.15) is 33.6 Å². The number of hydrogen-bond donors (Lipinski definition) is 3. The van der Waals surface area contributed by atoms with Crippen molar-refractivity contribution in [3.05, 3.63) is 11.6 Å². The Kier molecular flexibility index (Phi) is 2.23. The van der Waals surface area contributed by atoms with Crippen molar-refractivity contribution in [1.82, 2.24) is 0 Å². The number of carbonyl (C=O) groups is 3. The molecule has 0 aromatic heterocycles. The van der Waals surface area contributed by atoms with Gasteiger partial charge in [-0.05, 0) is 25.3 Å². The lowest BCUT2D eigenvalue weighted by molar-refractivity contribution is -0.341. The van der Waals surface area contributed by atoms with Crippen molar-refractivity contribution < 1.29 is 34.4 Å². The Hall–Kier alpha value is -1.57. The Bertz CT molecular complexity index is 939. The van der Waals surface area contributed by atoms with Crippen LogP contribution in [0.25, 0.3) is 0 Å². The summed E-state index contributed by atoms with van der Waals surface area (Å²) in [7, 11) is 0. The maximum Gasteiger partial charge on any atom is 0.306 e. The average molecular weight is 374 g/mol. The van der Waals surface area contributed by atoms with Gasteiger partial charge in [-0.25, -0.2) is 0 Å². The van der Waals surface area contributed by atoms with Gasteiger partial charge in [0.05, 0.1) is 6.61 Å². The highest BCUT2D eigenvalue weighted by atomic mass is 16.5. The second kappa shape index (κ2) is 3.67. The van der Waals surface area contributed by atoms with Crippen molar-refractivity contribution in [2.75, 3.05) is 6.61 Å². The summed E-state index contributed by atoms with van der Waals surface area (Å²) in [6.45, 7) is 4.86. The quantitative estimate of drug-likeness (QED) is 0.530. The lowest BCUT2D eigenvalue weighted by Gasteiger charge is -2.78. The number of carbonyl (C=O) groups excluding carboxylic acids is 3. The van der Waals surface area contributed by atoms with E-state index >= 15 is 0 Å². The molecule has 6 aliphatic carbocycles. The highest BCUT2D eigenvalue weighted by Gasteiger charge is 3.05. The van der Waals surface area contributed by atoms with E-state index in [2.05, 4.69) is 0 Å². The molecular formula is C20H22O7. The molecule has 9 atom stereocenters. The van der Waals surface area contributed by atoms with Crippen LogP contribution < -0.4 is 0 Å². The van der Waals surface area contributed by atoms with E-state index in [4.69, 9.17) is 4.74 Å². The fourth-order valence-electron chi connectivity index (χ4n) is 9.70. The molecule has 0 unspecified atom stereocenters. The van der Waals surface area contributed by atoms with Gasteiger partial charge in [0.15, 0.2) is 22.8 Å². The average Bonchev–Trinajstić information content (AvgIpc) is 2.78. The molecule has 1 aliphatic heterocycles. The smallest absolute Gasteiger partial charge is 0.306 e. The third kappa shape index (κ3) is 0.922. The molecule has 0 aromatic carbocycles. The van der Waals surface area contributed by atoms with Crippen molar-refractivity contribution in [3.8, 4) is 0 Å². The van der Waals surface area contributed by atoms with Gasteiger partial charge in [-0.15, -0.1) is 0 Å². The molecule has 8 bridgehead atoms. The standard InChI is InChI=1S/C20H22O7/c1-8-4-10(22)19(25)16(3)13-14(24)20(19,26)15(2)9-5-12(23)27-11(6-18(8,15)16)17(9,13)7-21/h4,9,11,13,21,25-26H,5-7H2,1-3H3/t9-,11+,13-,15-,16+,17+,18-,19+,20+/m0/s1. The summed E-state index contributed by atoms with van der Waals surface area (Å²) < 4.78 is 5.64. The molecule has 0 amide bonds. The number of Topliss-reactive ketones (excluding diaryl/α,β-unsaturated/α-hetero) is 1. The molecule has 7 heteroatoms. The molecule has 3 N–H and O–H groups in total. The molecule has 7 aliphatic rings. The van der Waals surface area contributed by atoms with Crippen LogP contribution in [-0.4, -0.2) is 56.8 Å². The minimum Gasteiger partial charge on any atom is -0.462 e. The number of aliphatic hydroxyl groups is 3. The van der Waals surface area contributed by atoms with E-state index < -0.39 is 74.9 Å². The van der Waals surface area contributed by atoms with Crippen LogP contribution in [0.2, 0.25) is 0 Å². The number of rotatable bonds is 1. The number of hydrogen-bond acceptors (Lipinski definition) is 7. The van der Waals surface area contributed by atoms with Gasteiger partial charge in [-0.1, -0.05) is 19.4 Å². The predicted octanol–water partition coefficient (Wildman–Crippen LogP) is -0.483. The van der Waals surface area contributed by atoms with E-state index in [-0.39, 0.29) is 12.8 Å². The number of allylic oxidation sites excluding steroid dienone is 1. The minimum atomic E-state index is -2.28. The summed E-state index contributed by atoms with van der Waals surface area (Å²) in [6.07, 6.45) is 0.928. The summed E-state index contributed by atoms with van der Waals surface area (Å²) in [5.41, 5.74) is -8.26. The Labute approximate surface area is 155 Å². The van der Waals surface area contributed by atoms with Gasteiger partial charge in [0.25, 0.3) is 0 Å². The lowest BCUT2D eigenvalue weighted by atomic mass is 9.24. The highest BCUT2D eigenvalue weighted by molar-refractivity contribution is 6.15. The van der Waals surface area contributed by atoms with Gasteiger partial charge in [0, 0.05) is 34.0 Å². The molecule has 1 saturated heterocycles. The first-order valence-electron chi connectivity index (χ1n) is 9.50. The first-order chi connectivity index (χ1) is 12.5. The van der Waals surface area contributed by atoms with Crippen LogP contribution in [-0.2, 0) is 19.1 Å². The zero-order chi connectivity index (χ0) is 19.6. The first kappa shape index (κ1) is 16.4. The Balaban J connectivity index is 1.85. The summed E-state index contributed by atoms with van der Waals surface area (Å²) in [6, 6.07) is 0. The van der Waals surface area contributed by atoms with Crippen LogP contribution in [0.15, 0.2) is 11.6 Å². The fourth-order valence-corrected chi connectivity index (χ4v) is 9.70. The van der Waals surface area contributed by atoms with Crippen molar-refractivity contribution in [3.63, 3.8) is 0 Å². The fraction of sp³-hybridized carbons (Fsp3) is 0.750. The van der Waals surface area contributed by atoms with E-state index in [0.29, 0.717) is 0 Å². The SMILES string of the molecule is CC1=CC(=O)[C@]2(O)[C@@]3(O)C(=O)[C@@H]4[C@]5(CO)[C@H]6CC(=O)O[C@@H]5C[C@@]1([C@@]42C)[C@]63C. The first-order valence-corrected chi connectivity index (χ1v) is 9.50. The molecule has 7 nitrogen and oxygen atoms in total. The monoisotopic (exact) mass is 374 g/mol. The van der Waals surface area contributed by atoms with Crippen LogP contribution >= 0.6 is 0 Å². The molecule has 27 heavy (non-hydrogen) atoms. The Morgan fingerprint density at radius 1 is 1.15 bits per heavy atom. The van der Waals surface area contributed by atoms with Crippen LogP contribution in [0.4, 0.5) is 0 Å². The minimum absolute atomic E-state index is 0.0466.